The fourth-order valence-corrected chi connectivity index (χ4v) is 4.17. The van der Waals surface area contributed by atoms with Crippen LogP contribution < -0.4 is 4.74 Å². The molecule has 0 saturated heterocycles. The van der Waals surface area contributed by atoms with E-state index in [9.17, 15) is 5.11 Å². The zero-order valence-corrected chi connectivity index (χ0v) is 22.2. The lowest BCUT2D eigenvalue weighted by Crippen LogP contribution is -2.12. The fraction of sp³-hybridized carbons (Fsp3) is 0.258. The van der Waals surface area contributed by atoms with E-state index in [2.05, 4.69) is 18.1 Å². The first-order chi connectivity index (χ1) is 18.2. The molecule has 0 fully saturated rings. The maximum Gasteiger partial charge on any atom is 0.167 e. The number of phenols is 1. The van der Waals surface area contributed by atoms with Gasteiger partial charge in [0.2, 0.25) is 0 Å². The summed E-state index contributed by atoms with van der Waals surface area (Å²) in [6.45, 7) is 10.4. The van der Waals surface area contributed by atoms with Crippen molar-refractivity contribution in [2.75, 3.05) is 13.2 Å². The first-order valence-electron chi connectivity index (χ1n) is 12.4. The highest BCUT2D eigenvalue weighted by Gasteiger charge is 2.17. The molecular formula is C31H31N3O4. The molecule has 2 N–H and O–H groups in total. The van der Waals surface area contributed by atoms with Gasteiger partial charge in [-0.2, -0.15) is 0 Å². The smallest absolute Gasteiger partial charge is 0.167 e. The van der Waals surface area contributed by atoms with Gasteiger partial charge in [-0.05, 0) is 63.8 Å². The van der Waals surface area contributed by atoms with Crippen LogP contribution in [0.2, 0.25) is 0 Å². The van der Waals surface area contributed by atoms with Gasteiger partial charge in [0.05, 0.1) is 12.2 Å². The van der Waals surface area contributed by atoms with Crippen LogP contribution >= 0.6 is 0 Å². The number of nitrogens with zero attached hydrogens (tertiary/aromatic N) is 3. The highest BCUT2D eigenvalue weighted by Crippen LogP contribution is 2.34. The molecular weight excluding hydrogens is 478 g/mol. The van der Waals surface area contributed by atoms with E-state index in [0.29, 0.717) is 28.8 Å². The summed E-state index contributed by atoms with van der Waals surface area (Å²) < 4.78 is 11.1. The van der Waals surface area contributed by atoms with Gasteiger partial charge in [0, 0.05) is 17.2 Å². The van der Waals surface area contributed by atoms with Crippen LogP contribution in [0.25, 0.3) is 34.2 Å². The first kappa shape index (κ1) is 26.6. The molecule has 4 rings (SSSR count). The van der Waals surface area contributed by atoms with Crippen molar-refractivity contribution < 1.29 is 19.7 Å². The molecule has 7 nitrogen and oxygen atoms in total. The normalized spacial score (nSPS) is 11.5. The summed E-state index contributed by atoms with van der Waals surface area (Å²) in [5.41, 5.74) is 6.72. The summed E-state index contributed by atoms with van der Waals surface area (Å²) in [7, 11) is 0. The largest absolute Gasteiger partial charge is 0.507 e. The number of rotatable bonds is 8. The maximum atomic E-state index is 10.9. The van der Waals surface area contributed by atoms with Gasteiger partial charge in [0.1, 0.15) is 30.3 Å². The molecule has 1 heterocycles. The summed E-state index contributed by atoms with van der Waals surface area (Å²) in [5.74, 6) is 4.42. The summed E-state index contributed by atoms with van der Waals surface area (Å²) in [6.07, 6.45) is 1.43. The Labute approximate surface area is 223 Å². The SMILES string of the molecule is Cc1ccc(-c2nc(-c3ccc(C)cc3C)nc(-c3ccc(OCCOC(C)C#CO)cc3O)n2)c(C)c1. The van der Waals surface area contributed by atoms with Gasteiger partial charge >= 0.3 is 0 Å². The molecule has 0 radical (unpaired) electrons. The Morgan fingerprint density at radius 3 is 1.76 bits per heavy atom. The number of hydrogen-bond acceptors (Lipinski definition) is 7. The molecule has 7 heteroatoms. The number of aromatic hydroxyl groups is 1. The predicted molar refractivity (Wildman–Crippen MR) is 147 cm³/mol. The van der Waals surface area contributed by atoms with Crippen molar-refractivity contribution in [3.63, 3.8) is 0 Å². The monoisotopic (exact) mass is 509 g/mol. The van der Waals surface area contributed by atoms with Gasteiger partial charge in [0.15, 0.2) is 17.5 Å². The third-order valence-electron chi connectivity index (χ3n) is 6.08. The van der Waals surface area contributed by atoms with E-state index in [-0.39, 0.29) is 19.0 Å². The Balaban J connectivity index is 1.70. The molecule has 0 aliphatic heterocycles. The Bertz CT molecular complexity index is 1450. The minimum absolute atomic E-state index is 0.00714. The molecule has 38 heavy (non-hydrogen) atoms. The Kier molecular flexibility index (Phi) is 8.25. The van der Waals surface area contributed by atoms with Crippen LogP contribution in [-0.4, -0.2) is 44.5 Å². The summed E-state index contributed by atoms with van der Waals surface area (Å²) in [4.78, 5) is 14.4. The number of benzene rings is 3. The second-order valence-electron chi connectivity index (χ2n) is 9.24. The lowest BCUT2D eigenvalue weighted by Gasteiger charge is -2.13. The molecule has 0 amide bonds. The average molecular weight is 510 g/mol. The minimum atomic E-state index is -0.402. The Morgan fingerprint density at radius 2 is 1.26 bits per heavy atom. The van der Waals surface area contributed by atoms with Gasteiger partial charge in [-0.25, -0.2) is 15.0 Å². The molecule has 1 atom stereocenters. The summed E-state index contributed by atoms with van der Waals surface area (Å²) in [5, 5.41) is 19.5. The fourth-order valence-electron chi connectivity index (χ4n) is 4.17. The van der Waals surface area contributed by atoms with Crippen LogP contribution in [0.15, 0.2) is 54.6 Å². The van der Waals surface area contributed by atoms with E-state index in [1.54, 1.807) is 19.1 Å². The molecule has 0 aliphatic rings. The molecule has 1 unspecified atom stereocenters. The molecule has 0 bridgehead atoms. The molecule has 0 aliphatic carbocycles. The molecule has 0 spiro atoms. The maximum absolute atomic E-state index is 10.9. The van der Waals surface area contributed by atoms with Crippen molar-refractivity contribution in [1.82, 2.24) is 15.0 Å². The second kappa shape index (κ2) is 11.8. The van der Waals surface area contributed by atoms with E-state index < -0.39 is 6.10 Å². The third kappa shape index (κ3) is 6.28. The van der Waals surface area contributed by atoms with Crippen molar-refractivity contribution in [2.45, 2.75) is 40.7 Å². The van der Waals surface area contributed by atoms with Crippen LogP contribution in [0.4, 0.5) is 0 Å². The number of aliphatic hydroxyl groups is 1. The molecule has 194 valence electrons. The summed E-state index contributed by atoms with van der Waals surface area (Å²) >= 11 is 0. The standard InChI is InChI=1S/C31H31N3O4/c1-19-6-9-25(21(3)16-19)29-32-30(26-10-7-20(2)17-22(26)4)34-31(33-29)27-11-8-24(18-28(27)36)38-15-14-37-23(5)12-13-35/h6-11,16-18,23,35-36H,14-15H2,1-5H3. The van der Waals surface area contributed by atoms with Crippen LogP contribution in [0.1, 0.15) is 29.2 Å². The van der Waals surface area contributed by atoms with Crippen molar-refractivity contribution >= 4 is 0 Å². The zero-order valence-electron chi connectivity index (χ0n) is 22.2. The van der Waals surface area contributed by atoms with Crippen molar-refractivity contribution in [1.29, 1.82) is 0 Å². The zero-order chi connectivity index (χ0) is 27.2. The van der Waals surface area contributed by atoms with Crippen LogP contribution in [-0.2, 0) is 4.74 Å². The van der Waals surface area contributed by atoms with E-state index in [1.807, 2.05) is 58.1 Å². The van der Waals surface area contributed by atoms with Crippen molar-refractivity contribution in [2.24, 2.45) is 0 Å². The number of hydrogen-bond donors (Lipinski definition) is 2. The van der Waals surface area contributed by atoms with Gasteiger partial charge in [-0.3, -0.25) is 0 Å². The Hall–Kier alpha value is -4.41. The van der Waals surface area contributed by atoms with Crippen molar-refractivity contribution in [3.8, 4) is 57.7 Å². The average Bonchev–Trinajstić information content (AvgIpc) is 2.86. The molecule has 3 aromatic carbocycles. The summed E-state index contributed by atoms with van der Waals surface area (Å²) in [6, 6.07) is 17.3. The second-order valence-corrected chi connectivity index (χ2v) is 9.24. The highest BCUT2D eigenvalue weighted by atomic mass is 16.5. The number of phenolic OH excluding ortho intramolecular Hbond substituents is 1. The quantitative estimate of drug-likeness (QED) is 0.224. The third-order valence-corrected chi connectivity index (χ3v) is 6.08. The van der Waals surface area contributed by atoms with E-state index in [1.165, 1.54) is 6.07 Å². The Morgan fingerprint density at radius 1 is 0.737 bits per heavy atom. The van der Waals surface area contributed by atoms with Crippen LogP contribution in [0, 0.1) is 39.7 Å². The van der Waals surface area contributed by atoms with Gasteiger partial charge in [-0.1, -0.05) is 47.5 Å². The lowest BCUT2D eigenvalue weighted by molar-refractivity contribution is 0.0750. The molecule has 0 saturated carbocycles. The van der Waals surface area contributed by atoms with Crippen molar-refractivity contribution in [3.05, 3.63) is 76.9 Å². The van der Waals surface area contributed by atoms with Gasteiger partial charge in [0.25, 0.3) is 0 Å². The minimum Gasteiger partial charge on any atom is -0.507 e. The number of aliphatic hydroxyl groups excluding tert-OH is 1. The number of aromatic nitrogens is 3. The highest BCUT2D eigenvalue weighted by molar-refractivity contribution is 5.72. The number of ether oxygens (including phenoxy) is 2. The van der Waals surface area contributed by atoms with Crippen LogP contribution in [0.3, 0.4) is 0 Å². The van der Waals surface area contributed by atoms with E-state index in [0.717, 1.165) is 33.4 Å². The van der Waals surface area contributed by atoms with E-state index >= 15 is 0 Å². The van der Waals surface area contributed by atoms with E-state index in [4.69, 9.17) is 29.5 Å². The molecule has 4 aromatic rings. The van der Waals surface area contributed by atoms with Gasteiger partial charge < -0.3 is 19.7 Å². The first-order valence-corrected chi connectivity index (χ1v) is 12.4. The lowest BCUT2D eigenvalue weighted by atomic mass is 10.0. The topological polar surface area (TPSA) is 97.6 Å². The van der Waals surface area contributed by atoms with Gasteiger partial charge in [-0.15, -0.1) is 0 Å². The predicted octanol–water partition coefficient (Wildman–Crippen LogP) is 5.93. The number of aryl methyl sites for hydroxylation is 4. The molecule has 1 aromatic heterocycles. The van der Waals surface area contributed by atoms with Crippen LogP contribution in [0.5, 0.6) is 11.5 Å².